The third-order valence-corrected chi connectivity index (χ3v) is 2.18. The highest BCUT2D eigenvalue weighted by Gasteiger charge is 2.10. The van der Waals surface area contributed by atoms with Crippen molar-refractivity contribution in [2.45, 2.75) is 11.9 Å². The van der Waals surface area contributed by atoms with Gasteiger partial charge in [0, 0.05) is 12.3 Å². The molecule has 2 N–H and O–H groups in total. The van der Waals surface area contributed by atoms with Crippen LogP contribution in [0.3, 0.4) is 0 Å². The van der Waals surface area contributed by atoms with Crippen molar-refractivity contribution in [1.82, 2.24) is 9.97 Å². The molecule has 0 saturated carbocycles. The fourth-order valence-electron chi connectivity index (χ4n) is 0.752. The number of nitrogens with zero attached hydrogens (tertiary/aromatic N) is 2. The molecule has 0 atom stereocenters. The average Bonchev–Trinajstić information content (AvgIpc) is 1.82. The van der Waals surface area contributed by atoms with Crippen LogP contribution in [0.1, 0.15) is 5.82 Å². The summed E-state index contributed by atoms with van der Waals surface area (Å²) < 4.78 is 22.0. The van der Waals surface area contributed by atoms with Gasteiger partial charge in [0.15, 0.2) is 14.9 Å². The highest BCUT2D eigenvalue weighted by atomic mass is 32.2. The van der Waals surface area contributed by atoms with E-state index in [2.05, 4.69) is 9.97 Å². The minimum atomic E-state index is -3.28. The molecule has 5 nitrogen and oxygen atoms in total. The Bertz CT molecular complexity index is 379. The van der Waals surface area contributed by atoms with Crippen molar-refractivity contribution in [3.63, 3.8) is 0 Å². The molecule has 0 aromatic carbocycles. The molecule has 0 aliphatic rings. The van der Waals surface area contributed by atoms with E-state index in [-0.39, 0.29) is 10.8 Å². The Labute approximate surface area is 70.6 Å². The number of nitrogens with two attached hydrogens (primary N) is 1. The molecule has 1 heterocycles. The first-order valence-corrected chi connectivity index (χ1v) is 5.10. The number of aromatic nitrogens is 2. The maximum atomic E-state index is 11.0. The summed E-state index contributed by atoms with van der Waals surface area (Å²) in [5.41, 5.74) is 5.34. The molecule has 6 heteroatoms. The first-order valence-electron chi connectivity index (χ1n) is 3.21. The summed E-state index contributed by atoms with van der Waals surface area (Å²) in [5, 5.41) is -0.0347. The van der Waals surface area contributed by atoms with Crippen LogP contribution in [-0.4, -0.2) is 24.6 Å². The molecule has 0 spiro atoms. The van der Waals surface area contributed by atoms with Crippen molar-refractivity contribution < 1.29 is 8.42 Å². The summed E-state index contributed by atoms with van der Waals surface area (Å²) in [6.07, 6.45) is 1.08. The predicted octanol–water partition coefficient (Wildman–Crippen LogP) is -0.229. The molecule has 0 aliphatic carbocycles. The Kier molecular flexibility index (Phi) is 2.01. The number of anilines is 1. The average molecular weight is 187 g/mol. The van der Waals surface area contributed by atoms with E-state index < -0.39 is 9.84 Å². The van der Waals surface area contributed by atoms with E-state index in [1.54, 1.807) is 6.92 Å². The Morgan fingerprint density at radius 1 is 1.42 bits per heavy atom. The first-order chi connectivity index (χ1) is 5.39. The third-order valence-electron chi connectivity index (χ3n) is 1.21. The van der Waals surface area contributed by atoms with Gasteiger partial charge in [-0.05, 0) is 6.92 Å². The summed E-state index contributed by atoms with van der Waals surface area (Å²) >= 11 is 0. The smallest absolute Gasteiger partial charge is 0.192 e. The normalized spacial score (nSPS) is 11.5. The highest BCUT2D eigenvalue weighted by Crippen LogP contribution is 2.07. The summed E-state index contributed by atoms with van der Waals surface area (Å²) in [6.45, 7) is 1.59. The van der Waals surface area contributed by atoms with Gasteiger partial charge in [0.05, 0.1) is 0 Å². The second kappa shape index (κ2) is 2.71. The summed E-state index contributed by atoms with van der Waals surface area (Å²) in [7, 11) is -3.28. The Balaban J connectivity index is 3.37. The van der Waals surface area contributed by atoms with Gasteiger partial charge in [-0.3, -0.25) is 0 Å². The van der Waals surface area contributed by atoms with Crippen molar-refractivity contribution in [3.8, 4) is 0 Å². The van der Waals surface area contributed by atoms with Gasteiger partial charge >= 0.3 is 0 Å². The number of hydrogen-bond acceptors (Lipinski definition) is 5. The van der Waals surface area contributed by atoms with Gasteiger partial charge in [0.1, 0.15) is 11.6 Å². The van der Waals surface area contributed by atoms with Crippen molar-refractivity contribution in [2.24, 2.45) is 0 Å². The van der Waals surface area contributed by atoms with Crippen LogP contribution in [0.2, 0.25) is 0 Å². The SMILES string of the molecule is Cc1nc(N)cc(S(C)(=O)=O)n1. The van der Waals surface area contributed by atoms with Gasteiger partial charge in [-0.25, -0.2) is 18.4 Å². The van der Waals surface area contributed by atoms with Crippen molar-refractivity contribution in [3.05, 3.63) is 11.9 Å². The lowest BCUT2D eigenvalue weighted by atomic mass is 10.5. The van der Waals surface area contributed by atoms with Crippen LogP contribution in [0, 0.1) is 6.92 Å². The standard InChI is InChI=1S/C6H9N3O2S/c1-4-8-5(7)3-6(9-4)12(2,10)11/h3H,1-2H3,(H2,7,8,9). The van der Waals surface area contributed by atoms with E-state index in [1.807, 2.05) is 0 Å². The molecular weight excluding hydrogens is 178 g/mol. The van der Waals surface area contributed by atoms with E-state index >= 15 is 0 Å². The summed E-state index contributed by atoms with van der Waals surface area (Å²) in [6, 6.07) is 1.24. The van der Waals surface area contributed by atoms with Crippen LogP contribution >= 0.6 is 0 Å². The van der Waals surface area contributed by atoms with Crippen LogP contribution in [-0.2, 0) is 9.84 Å². The molecule has 1 aromatic heterocycles. The fraction of sp³-hybridized carbons (Fsp3) is 0.333. The highest BCUT2D eigenvalue weighted by molar-refractivity contribution is 7.90. The van der Waals surface area contributed by atoms with Gasteiger partial charge in [-0.15, -0.1) is 0 Å². The lowest BCUT2D eigenvalue weighted by Crippen LogP contribution is -2.05. The van der Waals surface area contributed by atoms with Crippen molar-refractivity contribution in [1.29, 1.82) is 0 Å². The number of sulfone groups is 1. The number of nitrogen functional groups attached to an aromatic ring is 1. The van der Waals surface area contributed by atoms with E-state index in [4.69, 9.17) is 5.73 Å². The van der Waals surface area contributed by atoms with Gasteiger partial charge in [-0.1, -0.05) is 0 Å². The molecule has 12 heavy (non-hydrogen) atoms. The Hall–Kier alpha value is -1.17. The second-order valence-corrected chi connectivity index (χ2v) is 4.41. The maximum Gasteiger partial charge on any atom is 0.192 e. The molecule has 0 unspecified atom stereocenters. The minimum Gasteiger partial charge on any atom is -0.384 e. The van der Waals surface area contributed by atoms with E-state index in [1.165, 1.54) is 6.07 Å². The summed E-state index contributed by atoms with van der Waals surface area (Å²) in [5.74, 6) is 0.526. The van der Waals surface area contributed by atoms with Crippen LogP contribution in [0.5, 0.6) is 0 Å². The zero-order valence-electron chi connectivity index (χ0n) is 6.77. The van der Waals surface area contributed by atoms with E-state index in [9.17, 15) is 8.42 Å². The van der Waals surface area contributed by atoms with Gasteiger partial charge in [0.2, 0.25) is 0 Å². The fourth-order valence-corrected chi connectivity index (χ4v) is 1.39. The molecular formula is C6H9N3O2S. The maximum absolute atomic E-state index is 11.0. The Morgan fingerprint density at radius 3 is 2.42 bits per heavy atom. The zero-order valence-corrected chi connectivity index (χ0v) is 7.59. The predicted molar refractivity (Wildman–Crippen MR) is 44.3 cm³/mol. The largest absolute Gasteiger partial charge is 0.384 e. The molecule has 1 rings (SSSR count). The van der Waals surface area contributed by atoms with Crippen LogP contribution in [0.15, 0.2) is 11.1 Å². The quantitative estimate of drug-likeness (QED) is 0.614. The van der Waals surface area contributed by atoms with Gasteiger partial charge in [0.25, 0.3) is 0 Å². The number of rotatable bonds is 1. The first kappa shape index (κ1) is 8.92. The van der Waals surface area contributed by atoms with E-state index in [0.29, 0.717) is 5.82 Å². The summed E-state index contributed by atoms with van der Waals surface area (Å²) in [4.78, 5) is 7.48. The lowest BCUT2D eigenvalue weighted by Gasteiger charge is -1.99. The lowest BCUT2D eigenvalue weighted by molar-refractivity contribution is 0.597. The molecule has 0 saturated heterocycles. The topological polar surface area (TPSA) is 85.9 Å². The van der Waals surface area contributed by atoms with Gasteiger partial charge < -0.3 is 5.73 Å². The minimum absolute atomic E-state index is 0.0347. The second-order valence-electron chi connectivity index (χ2n) is 2.45. The molecule has 1 aromatic rings. The number of hydrogen-bond donors (Lipinski definition) is 1. The molecule has 0 aliphatic heterocycles. The van der Waals surface area contributed by atoms with Crippen LogP contribution in [0.4, 0.5) is 5.82 Å². The number of aryl methyl sites for hydroxylation is 1. The molecule has 0 bridgehead atoms. The van der Waals surface area contributed by atoms with E-state index in [0.717, 1.165) is 6.26 Å². The van der Waals surface area contributed by atoms with Gasteiger partial charge in [-0.2, -0.15) is 0 Å². The zero-order chi connectivity index (χ0) is 9.35. The molecule has 0 fully saturated rings. The van der Waals surface area contributed by atoms with Crippen molar-refractivity contribution >= 4 is 15.7 Å². The molecule has 66 valence electrons. The van der Waals surface area contributed by atoms with Crippen molar-refractivity contribution in [2.75, 3.05) is 12.0 Å². The van der Waals surface area contributed by atoms with Crippen LogP contribution < -0.4 is 5.73 Å². The molecule has 0 amide bonds. The molecule has 0 radical (unpaired) electrons. The third kappa shape index (κ3) is 1.91. The monoisotopic (exact) mass is 187 g/mol. The Morgan fingerprint density at radius 2 is 2.00 bits per heavy atom. The van der Waals surface area contributed by atoms with Crippen LogP contribution in [0.25, 0.3) is 0 Å².